The van der Waals surface area contributed by atoms with Crippen LogP contribution >= 0.6 is 11.3 Å². The SMILES string of the molecule is Cc1nn(C)cc1CN1CCOc2c(O)cc(-c3nc4ccccc4s3)cc2C1. The minimum absolute atomic E-state index is 0.177. The number of nitrogens with zero attached hydrogens (tertiary/aromatic N) is 4. The largest absolute Gasteiger partial charge is 0.504 e. The molecule has 0 radical (unpaired) electrons. The standard InChI is InChI=1S/C22H22N4O2S/c1-14-17(11-25(2)24-14)13-26-7-8-28-21-16(12-26)9-15(10-19(21)27)22-23-18-5-3-4-6-20(18)29-22/h3-6,9-11,27H,7-8,12-13H2,1-2H3. The first-order valence-corrected chi connectivity index (χ1v) is 10.4. The molecule has 2 aromatic heterocycles. The molecule has 4 aromatic rings. The second kappa shape index (κ2) is 7.17. The van der Waals surface area contributed by atoms with Crippen molar-refractivity contribution in [1.82, 2.24) is 19.7 Å². The molecule has 6 nitrogen and oxygen atoms in total. The molecule has 2 aromatic carbocycles. The number of benzene rings is 2. The fraction of sp³-hybridized carbons (Fsp3) is 0.273. The molecule has 1 aliphatic rings. The Morgan fingerprint density at radius 3 is 2.90 bits per heavy atom. The Balaban J connectivity index is 1.48. The highest BCUT2D eigenvalue weighted by atomic mass is 32.1. The fourth-order valence-electron chi connectivity index (χ4n) is 3.85. The number of rotatable bonds is 3. The van der Waals surface area contributed by atoms with E-state index in [1.54, 1.807) is 17.4 Å². The molecule has 0 aliphatic carbocycles. The van der Waals surface area contributed by atoms with Crippen molar-refractivity contribution in [3.05, 3.63) is 59.4 Å². The van der Waals surface area contributed by atoms with E-state index in [0.717, 1.165) is 45.1 Å². The number of para-hydroxylation sites is 1. The molecule has 0 bridgehead atoms. The summed E-state index contributed by atoms with van der Waals surface area (Å²) in [6, 6.07) is 12.0. The molecule has 3 heterocycles. The van der Waals surface area contributed by atoms with Gasteiger partial charge < -0.3 is 9.84 Å². The van der Waals surface area contributed by atoms with E-state index in [9.17, 15) is 5.11 Å². The molecular weight excluding hydrogens is 384 g/mol. The van der Waals surface area contributed by atoms with E-state index >= 15 is 0 Å². The van der Waals surface area contributed by atoms with Crippen LogP contribution in [-0.4, -0.2) is 37.9 Å². The average molecular weight is 407 g/mol. The fourth-order valence-corrected chi connectivity index (χ4v) is 4.80. The molecule has 0 amide bonds. The van der Waals surface area contributed by atoms with Gasteiger partial charge in [0.1, 0.15) is 11.6 Å². The molecule has 0 fully saturated rings. The molecule has 0 spiro atoms. The number of phenols is 1. The number of phenolic OH excluding ortho intramolecular Hbond substituents is 1. The lowest BCUT2D eigenvalue weighted by molar-refractivity contribution is 0.217. The molecule has 0 atom stereocenters. The Labute approximate surface area is 173 Å². The molecule has 0 saturated carbocycles. The number of ether oxygens (including phenoxy) is 1. The minimum Gasteiger partial charge on any atom is -0.504 e. The lowest BCUT2D eigenvalue weighted by Crippen LogP contribution is -2.25. The van der Waals surface area contributed by atoms with Gasteiger partial charge in [-0.3, -0.25) is 9.58 Å². The van der Waals surface area contributed by atoms with Crippen molar-refractivity contribution >= 4 is 21.6 Å². The maximum Gasteiger partial charge on any atom is 0.165 e. The van der Waals surface area contributed by atoms with E-state index in [0.29, 0.717) is 18.9 Å². The van der Waals surface area contributed by atoms with Gasteiger partial charge in [0.15, 0.2) is 11.5 Å². The van der Waals surface area contributed by atoms with Crippen LogP contribution in [0.4, 0.5) is 0 Å². The Bertz CT molecular complexity index is 1160. The first-order chi connectivity index (χ1) is 14.1. The quantitative estimate of drug-likeness (QED) is 0.555. The molecule has 7 heteroatoms. The van der Waals surface area contributed by atoms with Crippen LogP contribution in [0.2, 0.25) is 0 Å². The topological polar surface area (TPSA) is 63.4 Å². The predicted octanol–water partition coefficient (Wildman–Crippen LogP) is 4.11. The summed E-state index contributed by atoms with van der Waals surface area (Å²) in [5.74, 6) is 0.761. The number of hydrogen-bond acceptors (Lipinski definition) is 6. The van der Waals surface area contributed by atoms with E-state index in [1.165, 1.54) is 5.56 Å². The van der Waals surface area contributed by atoms with Gasteiger partial charge in [-0.15, -0.1) is 11.3 Å². The number of hydrogen-bond donors (Lipinski definition) is 1. The summed E-state index contributed by atoms with van der Waals surface area (Å²) in [5, 5.41) is 16.0. The number of aromatic nitrogens is 3. The van der Waals surface area contributed by atoms with Crippen LogP contribution in [0.15, 0.2) is 42.6 Å². The molecule has 1 aliphatic heterocycles. The van der Waals surface area contributed by atoms with Crippen LogP contribution in [0.5, 0.6) is 11.5 Å². The van der Waals surface area contributed by atoms with Gasteiger partial charge in [-0.05, 0) is 31.2 Å². The van der Waals surface area contributed by atoms with Crippen molar-refractivity contribution in [1.29, 1.82) is 0 Å². The first kappa shape index (κ1) is 18.1. The second-order valence-electron chi connectivity index (χ2n) is 7.44. The van der Waals surface area contributed by atoms with Crippen LogP contribution in [0.3, 0.4) is 0 Å². The van der Waals surface area contributed by atoms with Crippen molar-refractivity contribution in [3.63, 3.8) is 0 Å². The Kier molecular flexibility index (Phi) is 4.49. The van der Waals surface area contributed by atoms with Crippen LogP contribution in [0.25, 0.3) is 20.8 Å². The summed E-state index contributed by atoms with van der Waals surface area (Å²) in [7, 11) is 1.94. The zero-order valence-corrected chi connectivity index (χ0v) is 17.2. The normalized spacial score (nSPS) is 14.6. The summed E-state index contributed by atoms with van der Waals surface area (Å²) < 4.78 is 8.89. The Morgan fingerprint density at radius 1 is 1.24 bits per heavy atom. The highest BCUT2D eigenvalue weighted by Gasteiger charge is 2.21. The summed E-state index contributed by atoms with van der Waals surface area (Å²) in [6.45, 7) is 4.87. The van der Waals surface area contributed by atoms with E-state index in [2.05, 4.69) is 28.3 Å². The lowest BCUT2D eigenvalue weighted by Gasteiger charge is -2.19. The zero-order chi connectivity index (χ0) is 20.0. The van der Waals surface area contributed by atoms with Crippen LogP contribution in [0, 0.1) is 6.92 Å². The minimum atomic E-state index is 0.177. The maximum absolute atomic E-state index is 10.6. The van der Waals surface area contributed by atoms with Gasteiger partial charge in [-0.25, -0.2) is 4.98 Å². The summed E-state index contributed by atoms with van der Waals surface area (Å²) >= 11 is 1.64. The highest BCUT2D eigenvalue weighted by Crippen LogP contribution is 2.39. The number of aromatic hydroxyl groups is 1. The van der Waals surface area contributed by atoms with E-state index in [-0.39, 0.29) is 5.75 Å². The third-order valence-corrected chi connectivity index (χ3v) is 6.33. The smallest absolute Gasteiger partial charge is 0.165 e. The van der Waals surface area contributed by atoms with Gasteiger partial charge in [-0.1, -0.05) is 12.1 Å². The van der Waals surface area contributed by atoms with Crippen molar-refractivity contribution in [2.45, 2.75) is 20.0 Å². The number of thiazole rings is 1. The molecule has 0 unspecified atom stereocenters. The number of aryl methyl sites for hydroxylation is 2. The first-order valence-electron chi connectivity index (χ1n) is 9.63. The molecule has 1 N–H and O–H groups in total. The summed E-state index contributed by atoms with van der Waals surface area (Å²) in [4.78, 5) is 7.07. The van der Waals surface area contributed by atoms with Crippen molar-refractivity contribution in [2.75, 3.05) is 13.2 Å². The van der Waals surface area contributed by atoms with E-state index in [4.69, 9.17) is 9.72 Å². The maximum atomic E-state index is 10.6. The second-order valence-corrected chi connectivity index (χ2v) is 8.47. The molecule has 5 rings (SSSR count). The molecule has 148 valence electrons. The molecule has 29 heavy (non-hydrogen) atoms. The average Bonchev–Trinajstić information content (AvgIpc) is 3.18. The zero-order valence-electron chi connectivity index (χ0n) is 16.4. The van der Waals surface area contributed by atoms with Crippen LogP contribution in [0.1, 0.15) is 16.8 Å². The number of fused-ring (bicyclic) bond motifs is 2. The van der Waals surface area contributed by atoms with Crippen molar-refractivity contribution in [3.8, 4) is 22.1 Å². The van der Waals surface area contributed by atoms with Gasteiger partial charge in [0.2, 0.25) is 0 Å². The predicted molar refractivity (Wildman–Crippen MR) is 114 cm³/mol. The van der Waals surface area contributed by atoms with Gasteiger partial charge in [0.25, 0.3) is 0 Å². The highest BCUT2D eigenvalue weighted by molar-refractivity contribution is 7.21. The van der Waals surface area contributed by atoms with Gasteiger partial charge >= 0.3 is 0 Å². The third-order valence-electron chi connectivity index (χ3n) is 5.24. The van der Waals surface area contributed by atoms with Crippen molar-refractivity contribution in [2.24, 2.45) is 7.05 Å². The Morgan fingerprint density at radius 2 is 2.10 bits per heavy atom. The molecule has 0 saturated heterocycles. The molecular formula is C22H22N4O2S. The summed E-state index contributed by atoms with van der Waals surface area (Å²) in [6.07, 6.45) is 2.07. The van der Waals surface area contributed by atoms with E-state index in [1.807, 2.05) is 36.9 Å². The van der Waals surface area contributed by atoms with E-state index < -0.39 is 0 Å². The van der Waals surface area contributed by atoms with Gasteiger partial charge in [-0.2, -0.15) is 5.10 Å². The Hall–Kier alpha value is -2.90. The van der Waals surface area contributed by atoms with Crippen LogP contribution < -0.4 is 4.74 Å². The van der Waals surface area contributed by atoms with Gasteiger partial charge in [0.05, 0.1) is 15.9 Å². The monoisotopic (exact) mass is 406 g/mol. The van der Waals surface area contributed by atoms with Gasteiger partial charge in [0, 0.05) is 49.6 Å². The van der Waals surface area contributed by atoms with Crippen molar-refractivity contribution < 1.29 is 9.84 Å². The lowest BCUT2D eigenvalue weighted by atomic mass is 10.1. The third kappa shape index (κ3) is 3.47. The van der Waals surface area contributed by atoms with Crippen LogP contribution in [-0.2, 0) is 20.1 Å². The summed E-state index contributed by atoms with van der Waals surface area (Å²) in [5.41, 5.74) is 5.14.